The van der Waals surface area contributed by atoms with Crippen molar-refractivity contribution >= 4 is 5.71 Å². The van der Waals surface area contributed by atoms with Gasteiger partial charge in [0.2, 0.25) is 0 Å². The summed E-state index contributed by atoms with van der Waals surface area (Å²) in [6.45, 7) is 8.82. The van der Waals surface area contributed by atoms with Crippen LogP contribution < -0.4 is 5.84 Å². The second kappa shape index (κ2) is 6.93. The summed E-state index contributed by atoms with van der Waals surface area (Å²) in [6, 6.07) is 0. The van der Waals surface area contributed by atoms with Crippen molar-refractivity contribution in [2.24, 2.45) is 22.8 Å². The Hall–Kier alpha value is -0.530. The first-order valence-electron chi connectivity index (χ1n) is 5.29. The molecule has 1 atom stereocenters. The molecule has 0 aromatic heterocycles. The molecule has 0 radical (unpaired) electrons. The third-order valence-electron chi connectivity index (χ3n) is 2.34. The van der Waals surface area contributed by atoms with Crippen molar-refractivity contribution in [3.63, 3.8) is 0 Å². The first kappa shape index (κ1) is 12.5. The Morgan fingerprint density at radius 3 is 2.31 bits per heavy atom. The lowest BCUT2D eigenvalue weighted by molar-refractivity contribution is 0.466. The van der Waals surface area contributed by atoms with Gasteiger partial charge in [-0.1, -0.05) is 40.0 Å². The van der Waals surface area contributed by atoms with E-state index < -0.39 is 0 Å². The first-order valence-corrected chi connectivity index (χ1v) is 5.29. The number of nitrogens with zero attached hydrogens (tertiary/aromatic N) is 1. The molecule has 0 saturated carbocycles. The number of nitrogens with two attached hydrogens (primary N) is 1. The highest BCUT2D eigenvalue weighted by molar-refractivity contribution is 5.81. The van der Waals surface area contributed by atoms with Crippen LogP contribution in [0.1, 0.15) is 53.4 Å². The van der Waals surface area contributed by atoms with Gasteiger partial charge in [-0.2, -0.15) is 5.10 Å². The van der Waals surface area contributed by atoms with Gasteiger partial charge in [0.25, 0.3) is 0 Å². The van der Waals surface area contributed by atoms with E-state index in [0.29, 0.717) is 0 Å². The van der Waals surface area contributed by atoms with Gasteiger partial charge < -0.3 is 5.84 Å². The molecule has 0 aliphatic rings. The van der Waals surface area contributed by atoms with Crippen LogP contribution in [0.4, 0.5) is 0 Å². The minimum absolute atomic E-state index is 0.728. The summed E-state index contributed by atoms with van der Waals surface area (Å²) in [7, 11) is 0. The summed E-state index contributed by atoms with van der Waals surface area (Å²) in [5, 5.41) is 3.69. The molecule has 0 spiro atoms. The normalized spacial score (nSPS) is 15.0. The van der Waals surface area contributed by atoms with Gasteiger partial charge in [0.15, 0.2) is 0 Å². The largest absolute Gasteiger partial charge is 0.323 e. The molecule has 0 aliphatic heterocycles. The van der Waals surface area contributed by atoms with Crippen molar-refractivity contribution in [2.75, 3.05) is 0 Å². The van der Waals surface area contributed by atoms with Crippen molar-refractivity contribution < 1.29 is 0 Å². The summed E-state index contributed by atoms with van der Waals surface area (Å²) in [4.78, 5) is 0. The molecule has 0 amide bonds. The SMILES string of the molecule is C/C(CC(C)CCCC(C)C)=N\N. The molecule has 13 heavy (non-hydrogen) atoms. The van der Waals surface area contributed by atoms with Crippen LogP contribution in [0, 0.1) is 11.8 Å². The summed E-state index contributed by atoms with van der Waals surface area (Å²) < 4.78 is 0. The van der Waals surface area contributed by atoms with Gasteiger partial charge in [0, 0.05) is 5.71 Å². The number of hydrogen-bond donors (Lipinski definition) is 1. The fourth-order valence-corrected chi connectivity index (χ4v) is 1.53. The lowest BCUT2D eigenvalue weighted by Crippen LogP contribution is -2.04. The molecular formula is C11H24N2. The zero-order valence-electron chi connectivity index (χ0n) is 9.51. The molecule has 2 N–H and O–H groups in total. The number of rotatable bonds is 6. The van der Waals surface area contributed by atoms with Gasteiger partial charge in [-0.3, -0.25) is 0 Å². The standard InChI is InChI=1S/C11H24N2/c1-9(2)6-5-7-10(3)8-11(4)13-12/h9-10H,5-8,12H2,1-4H3/b13-11+. The predicted octanol–water partition coefficient (Wildman–Crippen LogP) is 3.17. The van der Waals surface area contributed by atoms with Crippen molar-refractivity contribution in [3.05, 3.63) is 0 Å². The highest BCUT2D eigenvalue weighted by atomic mass is 15.1. The Bertz CT molecular complexity index is 150. The summed E-state index contributed by atoms with van der Waals surface area (Å²) in [5.74, 6) is 6.74. The maximum atomic E-state index is 5.19. The van der Waals surface area contributed by atoms with Crippen LogP contribution in [-0.2, 0) is 0 Å². The van der Waals surface area contributed by atoms with Crippen molar-refractivity contribution in [1.82, 2.24) is 0 Å². The van der Waals surface area contributed by atoms with Crippen LogP contribution in [0.2, 0.25) is 0 Å². The molecule has 78 valence electrons. The number of hydrogen-bond acceptors (Lipinski definition) is 2. The molecule has 0 rings (SSSR count). The molecule has 0 aromatic carbocycles. The highest BCUT2D eigenvalue weighted by Crippen LogP contribution is 2.15. The molecule has 1 unspecified atom stereocenters. The minimum Gasteiger partial charge on any atom is -0.323 e. The zero-order chi connectivity index (χ0) is 10.3. The van der Waals surface area contributed by atoms with E-state index in [9.17, 15) is 0 Å². The van der Waals surface area contributed by atoms with E-state index in [-0.39, 0.29) is 0 Å². The molecule has 2 heteroatoms. The highest BCUT2D eigenvalue weighted by Gasteiger charge is 2.04. The van der Waals surface area contributed by atoms with Crippen molar-refractivity contribution in [1.29, 1.82) is 0 Å². The van der Waals surface area contributed by atoms with E-state index in [1.54, 1.807) is 0 Å². The van der Waals surface area contributed by atoms with E-state index in [1.165, 1.54) is 19.3 Å². The van der Waals surface area contributed by atoms with Crippen LogP contribution in [0.25, 0.3) is 0 Å². The third kappa shape index (κ3) is 7.82. The predicted molar refractivity (Wildman–Crippen MR) is 59.8 cm³/mol. The average Bonchev–Trinajstić information content (AvgIpc) is 2.03. The lowest BCUT2D eigenvalue weighted by atomic mass is 9.96. The fraction of sp³-hybridized carbons (Fsp3) is 0.909. The quantitative estimate of drug-likeness (QED) is 0.384. The monoisotopic (exact) mass is 184 g/mol. The smallest absolute Gasteiger partial charge is 0.0347 e. The van der Waals surface area contributed by atoms with Gasteiger partial charge in [-0.15, -0.1) is 0 Å². The van der Waals surface area contributed by atoms with E-state index in [0.717, 1.165) is 24.0 Å². The van der Waals surface area contributed by atoms with E-state index >= 15 is 0 Å². The molecule has 0 aliphatic carbocycles. The molecule has 2 nitrogen and oxygen atoms in total. The zero-order valence-corrected chi connectivity index (χ0v) is 9.51. The van der Waals surface area contributed by atoms with Gasteiger partial charge in [0.1, 0.15) is 0 Å². The summed E-state index contributed by atoms with van der Waals surface area (Å²) >= 11 is 0. The Morgan fingerprint density at radius 2 is 1.85 bits per heavy atom. The molecular weight excluding hydrogens is 160 g/mol. The first-order chi connectivity index (χ1) is 6.06. The maximum Gasteiger partial charge on any atom is 0.0347 e. The van der Waals surface area contributed by atoms with Crippen LogP contribution in [0.15, 0.2) is 5.10 Å². The summed E-state index contributed by atoms with van der Waals surface area (Å²) in [6.07, 6.45) is 5.01. The van der Waals surface area contributed by atoms with Crippen LogP contribution in [0.3, 0.4) is 0 Å². The Kier molecular flexibility index (Phi) is 6.65. The average molecular weight is 184 g/mol. The third-order valence-corrected chi connectivity index (χ3v) is 2.34. The molecule has 0 bridgehead atoms. The van der Waals surface area contributed by atoms with E-state index in [1.807, 2.05) is 6.92 Å². The van der Waals surface area contributed by atoms with E-state index in [2.05, 4.69) is 25.9 Å². The topological polar surface area (TPSA) is 38.4 Å². The van der Waals surface area contributed by atoms with E-state index in [4.69, 9.17) is 5.84 Å². The maximum absolute atomic E-state index is 5.19. The van der Waals surface area contributed by atoms with Crippen LogP contribution >= 0.6 is 0 Å². The number of hydrazone groups is 1. The summed E-state index contributed by atoms with van der Waals surface area (Å²) in [5.41, 5.74) is 1.07. The molecule has 0 aromatic rings. The second-order valence-corrected chi connectivity index (χ2v) is 4.50. The Morgan fingerprint density at radius 1 is 1.23 bits per heavy atom. The van der Waals surface area contributed by atoms with Gasteiger partial charge in [-0.05, 0) is 25.2 Å². The Balaban J connectivity index is 3.46. The Labute approximate surface area is 82.6 Å². The molecule has 0 fully saturated rings. The minimum atomic E-state index is 0.728. The molecule has 0 heterocycles. The van der Waals surface area contributed by atoms with Gasteiger partial charge in [-0.25, -0.2) is 0 Å². The van der Waals surface area contributed by atoms with Crippen LogP contribution in [0.5, 0.6) is 0 Å². The van der Waals surface area contributed by atoms with Gasteiger partial charge >= 0.3 is 0 Å². The molecule has 0 saturated heterocycles. The van der Waals surface area contributed by atoms with Crippen LogP contribution in [-0.4, -0.2) is 5.71 Å². The lowest BCUT2D eigenvalue weighted by Gasteiger charge is -2.11. The van der Waals surface area contributed by atoms with Crippen molar-refractivity contribution in [3.8, 4) is 0 Å². The second-order valence-electron chi connectivity index (χ2n) is 4.50. The van der Waals surface area contributed by atoms with Crippen molar-refractivity contribution in [2.45, 2.75) is 53.4 Å². The van der Waals surface area contributed by atoms with Gasteiger partial charge in [0.05, 0.1) is 0 Å². The fourth-order valence-electron chi connectivity index (χ4n) is 1.53.